The summed E-state index contributed by atoms with van der Waals surface area (Å²) in [6.07, 6.45) is 58.8. The minimum Gasteiger partial charge on any atom is -0.0708 e. The van der Waals surface area contributed by atoms with Gasteiger partial charge in [-0.25, -0.2) is 0 Å². The molecule has 1 aliphatic rings. The van der Waals surface area contributed by atoms with E-state index in [2.05, 4.69) is 40.7 Å². The van der Waals surface area contributed by atoms with Crippen LogP contribution in [-0.2, 0) is 0 Å². The Labute approximate surface area is 312 Å². The van der Waals surface area contributed by atoms with E-state index in [0.717, 1.165) is 0 Å². The van der Waals surface area contributed by atoms with Gasteiger partial charge >= 0.3 is 0 Å². The van der Waals surface area contributed by atoms with Crippen LogP contribution >= 0.6 is 0 Å². The summed E-state index contributed by atoms with van der Waals surface area (Å²) in [5.41, 5.74) is 6.15. The monoisotopic (exact) mass is 683 g/mol. The van der Waals surface area contributed by atoms with Gasteiger partial charge in [-0.05, 0) is 62.5 Å². The molecule has 0 heterocycles. The molecular weight excluding hydrogens is 589 g/mol. The van der Waals surface area contributed by atoms with Gasteiger partial charge in [0.25, 0.3) is 0 Å². The second-order valence-corrected chi connectivity index (χ2v) is 16.8. The van der Waals surface area contributed by atoms with Crippen molar-refractivity contribution in [3.63, 3.8) is 0 Å². The normalized spacial score (nSPS) is 14.3. The summed E-state index contributed by atoms with van der Waals surface area (Å²) in [6, 6.07) is 0. The quantitative estimate of drug-likeness (QED) is 0.0566. The van der Waals surface area contributed by atoms with Gasteiger partial charge in [-0.15, -0.1) is 0 Å². The van der Waals surface area contributed by atoms with Crippen molar-refractivity contribution in [1.29, 1.82) is 0 Å². The van der Waals surface area contributed by atoms with E-state index >= 15 is 0 Å². The summed E-state index contributed by atoms with van der Waals surface area (Å²) in [5, 5.41) is 0. The SMILES string of the molecule is CCCCCCCCCCC1(CCCCCCCCCC)C=C(CCCCCCCC)C(CCCCCCCC)=C1CCCCCCCC. The largest absolute Gasteiger partial charge is 0.0708 e. The molecule has 0 nitrogen and oxygen atoms in total. The summed E-state index contributed by atoms with van der Waals surface area (Å²) in [5.74, 6) is 0. The first-order valence-corrected chi connectivity index (χ1v) is 23.6. The summed E-state index contributed by atoms with van der Waals surface area (Å²) < 4.78 is 0. The van der Waals surface area contributed by atoms with Crippen molar-refractivity contribution < 1.29 is 0 Å². The Balaban J connectivity index is 3.18. The smallest absolute Gasteiger partial charge is 0.0102 e. The summed E-state index contributed by atoms with van der Waals surface area (Å²) >= 11 is 0. The minimum absolute atomic E-state index is 0.392. The molecule has 0 atom stereocenters. The maximum Gasteiger partial charge on any atom is 0.0102 e. The first-order valence-electron chi connectivity index (χ1n) is 23.6. The lowest BCUT2D eigenvalue weighted by Gasteiger charge is -2.33. The Morgan fingerprint density at radius 1 is 0.306 bits per heavy atom. The van der Waals surface area contributed by atoms with Gasteiger partial charge in [0, 0.05) is 5.41 Å². The lowest BCUT2D eigenvalue weighted by molar-refractivity contribution is 0.341. The molecule has 0 N–H and O–H groups in total. The Morgan fingerprint density at radius 3 is 0.959 bits per heavy atom. The van der Waals surface area contributed by atoms with Gasteiger partial charge in [-0.1, -0.05) is 245 Å². The van der Waals surface area contributed by atoms with E-state index in [9.17, 15) is 0 Å². The third kappa shape index (κ3) is 23.6. The van der Waals surface area contributed by atoms with E-state index in [1.165, 1.54) is 250 Å². The Morgan fingerprint density at radius 2 is 0.592 bits per heavy atom. The molecule has 0 bridgehead atoms. The molecule has 0 radical (unpaired) electrons. The number of allylic oxidation sites excluding steroid dienone is 4. The molecule has 0 spiro atoms. The van der Waals surface area contributed by atoms with Crippen molar-refractivity contribution in [2.45, 2.75) is 285 Å². The number of unbranched alkanes of at least 4 members (excludes halogenated alkanes) is 29. The van der Waals surface area contributed by atoms with E-state index < -0.39 is 0 Å². The topological polar surface area (TPSA) is 0 Å². The fourth-order valence-corrected chi connectivity index (χ4v) is 8.92. The third-order valence-electron chi connectivity index (χ3n) is 12.1. The third-order valence-corrected chi connectivity index (χ3v) is 12.1. The lowest BCUT2D eigenvalue weighted by Crippen LogP contribution is -2.20. The van der Waals surface area contributed by atoms with E-state index in [1.807, 2.05) is 16.7 Å². The molecule has 0 aliphatic heterocycles. The van der Waals surface area contributed by atoms with Crippen LogP contribution in [0.3, 0.4) is 0 Å². The molecule has 49 heavy (non-hydrogen) atoms. The molecule has 0 aromatic heterocycles. The lowest BCUT2D eigenvalue weighted by atomic mass is 9.71. The van der Waals surface area contributed by atoms with Gasteiger partial charge in [-0.3, -0.25) is 0 Å². The molecule has 0 heteroatoms. The van der Waals surface area contributed by atoms with Crippen LogP contribution in [0.1, 0.15) is 285 Å². The van der Waals surface area contributed by atoms with Gasteiger partial charge in [0.05, 0.1) is 0 Å². The van der Waals surface area contributed by atoms with Crippen molar-refractivity contribution >= 4 is 0 Å². The average molecular weight is 683 g/mol. The van der Waals surface area contributed by atoms with Crippen molar-refractivity contribution in [2.75, 3.05) is 0 Å². The summed E-state index contributed by atoms with van der Waals surface area (Å²) in [7, 11) is 0. The van der Waals surface area contributed by atoms with Gasteiger partial charge in [-0.2, -0.15) is 0 Å². The average Bonchev–Trinajstić information content (AvgIpc) is 3.39. The van der Waals surface area contributed by atoms with Gasteiger partial charge < -0.3 is 0 Å². The van der Waals surface area contributed by atoms with E-state index in [-0.39, 0.29) is 0 Å². The van der Waals surface area contributed by atoms with Crippen molar-refractivity contribution in [3.05, 3.63) is 22.8 Å². The molecule has 1 rings (SSSR count). The predicted molar refractivity (Wildman–Crippen MR) is 226 cm³/mol. The minimum atomic E-state index is 0.392. The van der Waals surface area contributed by atoms with Gasteiger partial charge in [0.2, 0.25) is 0 Å². The zero-order chi connectivity index (χ0) is 35.5. The molecule has 0 fully saturated rings. The molecule has 0 aromatic carbocycles. The first-order chi connectivity index (χ1) is 24.2. The Hall–Kier alpha value is -0.520. The maximum atomic E-state index is 2.99. The van der Waals surface area contributed by atoms with Crippen molar-refractivity contribution in [3.8, 4) is 0 Å². The highest BCUT2D eigenvalue weighted by Crippen LogP contribution is 2.53. The standard InChI is InChI=1S/C49H94/c1-6-11-16-21-26-28-33-38-43-49(44-39-34-29-27-22-17-12-7-2)45-46(40-35-30-23-18-13-8-3)47(41-36-31-24-19-14-9-4)48(49)42-37-32-25-20-15-10-5/h45H,6-44H2,1-5H3. The van der Waals surface area contributed by atoms with E-state index in [0.29, 0.717) is 5.41 Å². The number of hydrogen-bond acceptors (Lipinski definition) is 0. The van der Waals surface area contributed by atoms with Crippen LogP contribution in [0.15, 0.2) is 22.8 Å². The zero-order valence-electron chi connectivity index (χ0n) is 35.2. The number of rotatable bonds is 39. The molecule has 0 unspecified atom stereocenters. The van der Waals surface area contributed by atoms with Crippen LogP contribution in [0.4, 0.5) is 0 Å². The van der Waals surface area contributed by atoms with E-state index in [4.69, 9.17) is 0 Å². The van der Waals surface area contributed by atoms with Crippen LogP contribution in [0, 0.1) is 5.41 Å². The molecule has 0 amide bonds. The second-order valence-electron chi connectivity index (χ2n) is 16.8. The Bertz CT molecular complexity index is 732. The predicted octanol–water partition coefficient (Wildman–Crippen LogP) is 18.5. The van der Waals surface area contributed by atoms with E-state index in [1.54, 1.807) is 0 Å². The fourth-order valence-electron chi connectivity index (χ4n) is 8.92. The van der Waals surface area contributed by atoms with Crippen LogP contribution < -0.4 is 0 Å². The van der Waals surface area contributed by atoms with Crippen LogP contribution in [0.2, 0.25) is 0 Å². The van der Waals surface area contributed by atoms with Crippen LogP contribution in [0.5, 0.6) is 0 Å². The molecule has 290 valence electrons. The second kappa shape index (κ2) is 34.6. The van der Waals surface area contributed by atoms with Crippen molar-refractivity contribution in [1.82, 2.24) is 0 Å². The molecule has 0 saturated carbocycles. The fraction of sp³-hybridized carbons (Fsp3) is 0.918. The molecular formula is C49H94. The first kappa shape index (κ1) is 46.5. The van der Waals surface area contributed by atoms with Crippen LogP contribution in [0.25, 0.3) is 0 Å². The zero-order valence-corrected chi connectivity index (χ0v) is 35.2. The molecule has 1 aliphatic carbocycles. The highest BCUT2D eigenvalue weighted by Gasteiger charge is 2.38. The highest BCUT2D eigenvalue weighted by atomic mass is 14.4. The van der Waals surface area contributed by atoms with Crippen molar-refractivity contribution in [2.24, 2.45) is 5.41 Å². The highest BCUT2D eigenvalue weighted by molar-refractivity contribution is 5.48. The van der Waals surface area contributed by atoms with Gasteiger partial charge in [0.15, 0.2) is 0 Å². The summed E-state index contributed by atoms with van der Waals surface area (Å²) in [4.78, 5) is 0. The maximum absolute atomic E-state index is 2.99. The van der Waals surface area contributed by atoms with Crippen LogP contribution in [-0.4, -0.2) is 0 Å². The van der Waals surface area contributed by atoms with Gasteiger partial charge in [0.1, 0.15) is 0 Å². The number of hydrogen-bond donors (Lipinski definition) is 0. The molecule has 0 aromatic rings. The molecule has 0 saturated heterocycles. The Kier molecular flexibility index (Phi) is 32.8. The summed E-state index contributed by atoms with van der Waals surface area (Å²) in [6.45, 7) is 11.8.